The molecule has 0 aromatic heterocycles. The molecule has 0 aliphatic carbocycles. The Kier molecular flexibility index (Phi) is 6.13. The lowest BCUT2D eigenvalue weighted by Crippen LogP contribution is -2.11. The van der Waals surface area contributed by atoms with E-state index in [4.69, 9.17) is 9.47 Å². The van der Waals surface area contributed by atoms with Crippen LogP contribution < -0.4 is 0 Å². The predicted molar refractivity (Wildman–Crippen MR) is 70.4 cm³/mol. The minimum Gasteiger partial charge on any atom is -0.447 e. The van der Waals surface area contributed by atoms with Crippen molar-refractivity contribution in [1.29, 1.82) is 0 Å². The zero-order chi connectivity index (χ0) is 13.2. The molecule has 3 heteroatoms. The summed E-state index contributed by atoms with van der Waals surface area (Å²) in [7, 11) is 0. The molecule has 0 spiro atoms. The molecule has 0 radical (unpaired) electrons. The summed E-state index contributed by atoms with van der Waals surface area (Å²) in [6.45, 7) is 3.70. The maximum absolute atomic E-state index is 10.9. The van der Waals surface area contributed by atoms with E-state index in [1.54, 1.807) is 6.08 Å². The van der Waals surface area contributed by atoms with Gasteiger partial charge < -0.3 is 9.47 Å². The average molecular weight is 244 g/mol. The Balaban J connectivity index is 2.69. The van der Waals surface area contributed by atoms with Gasteiger partial charge in [0, 0.05) is 6.92 Å². The molecule has 94 valence electrons. The zero-order valence-electron chi connectivity index (χ0n) is 10.6. The van der Waals surface area contributed by atoms with Crippen LogP contribution in [0.4, 0.5) is 0 Å². The van der Waals surface area contributed by atoms with Crippen LogP contribution in [0.1, 0.15) is 19.4 Å². The Morgan fingerprint density at radius 1 is 1.39 bits per heavy atom. The zero-order valence-corrected chi connectivity index (χ0v) is 10.6. The van der Waals surface area contributed by atoms with Crippen LogP contribution in [0.15, 0.2) is 36.4 Å². The van der Waals surface area contributed by atoms with E-state index >= 15 is 0 Å². The van der Waals surface area contributed by atoms with E-state index in [9.17, 15) is 4.79 Å². The van der Waals surface area contributed by atoms with Gasteiger partial charge in [-0.05, 0) is 24.5 Å². The van der Waals surface area contributed by atoms with Crippen LogP contribution in [-0.4, -0.2) is 18.7 Å². The van der Waals surface area contributed by atoms with Crippen LogP contribution >= 0.6 is 0 Å². The molecule has 1 unspecified atom stereocenters. The Morgan fingerprint density at radius 2 is 2.11 bits per heavy atom. The van der Waals surface area contributed by atoms with Crippen molar-refractivity contribution >= 4 is 12.0 Å². The van der Waals surface area contributed by atoms with Gasteiger partial charge in [0.25, 0.3) is 0 Å². The number of carbonyl (C=O) groups excluding carboxylic acids is 1. The number of hydrogen-bond donors (Lipinski definition) is 0. The fourth-order valence-corrected chi connectivity index (χ4v) is 1.23. The monoisotopic (exact) mass is 244 g/mol. The van der Waals surface area contributed by atoms with Crippen molar-refractivity contribution in [2.75, 3.05) is 6.61 Å². The summed E-state index contributed by atoms with van der Waals surface area (Å²) < 4.78 is 9.95. The molecule has 0 bridgehead atoms. The minimum atomic E-state index is -0.589. The van der Waals surface area contributed by atoms with Crippen molar-refractivity contribution in [3.63, 3.8) is 0 Å². The average Bonchev–Trinajstić information content (AvgIpc) is 2.37. The van der Waals surface area contributed by atoms with Crippen LogP contribution in [0.3, 0.4) is 0 Å². The van der Waals surface area contributed by atoms with E-state index in [2.05, 4.69) is 12.0 Å². The largest absolute Gasteiger partial charge is 0.447 e. The molecule has 0 saturated carbocycles. The third-order valence-corrected chi connectivity index (χ3v) is 1.97. The van der Waals surface area contributed by atoms with Crippen molar-refractivity contribution in [3.8, 4) is 12.0 Å². The highest BCUT2D eigenvalue weighted by molar-refractivity contribution is 5.67. The molecular weight excluding hydrogens is 228 g/mol. The third kappa shape index (κ3) is 5.76. The Morgan fingerprint density at radius 3 is 2.72 bits per heavy atom. The normalized spacial score (nSPS) is 11.4. The molecule has 0 aliphatic rings. The summed E-state index contributed by atoms with van der Waals surface area (Å²) in [6.07, 6.45) is 5.49. The van der Waals surface area contributed by atoms with Gasteiger partial charge in [-0.15, -0.1) is 0 Å². The maximum Gasteiger partial charge on any atom is 0.304 e. The quantitative estimate of drug-likeness (QED) is 0.603. The van der Waals surface area contributed by atoms with Crippen molar-refractivity contribution in [3.05, 3.63) is 42.0 Å². The first-order valence-corrected chi connectivity index (χ1v) is 5.75. The lowest BCUT2D eigenvalue weighted by Gasteiger charge is -2.05. The summed E-state index contributed by atoms with van der Waals surface area (Å²) in [5, 5.41) is 0. The highest BCUT2D eigenvalue weighted by atomic mass is 16.5. The second kappa shape index (κ2) is 7.97. The first kappa shape index (κ1) is 13.9. The fraction of sp³-hybridized carbons (Fsp3) is 0.267. The van der Waals surface area contributed by atoms with Gasteiger partial charge in [0.15, 0.2) is 6.10 Å². The summed E-state index contributed by atoms with van der Waals surface area (Å²) in [6, 6.07) is 9.73. The van der Waals surface area contributed by atoms with Gasteiger partial charge in [0.05, 0.1) is 6.61 Å². The molecular formula is C15H16O3. The molecule has 0 N–H and O–H groups in total. The standard InChI is InChI=1S/C15H16O3/c1-3-17-12-11-15(18-13(2)16)10-9-14-7-5-4-6-8-14/h4-10,15H,3H2,1-2H3/b10-9+. The lowest BCUT2D eigenvalue weighted by molar-refractivity contribution is -0.142. The van der Waals surface area contributed by atoms with Crippen molar-refractivity contribution in [2.45, 2.75) is 20.0 Å². The van der Waals surface area contributed by atoms with E-state index in [-0.39, 0.29) is 5.97 Å². The van der Waals surface area contributed by atoms with Crippen LogP contribution in [0.25, 0.3) is 6.08 Å². The van der Waals surface area contributed by atoms with E-state index in [0.29, 0.717) is 6.61 Å². The van der Waals surface area contributed by atoms with Gasteiger partial charge in [0.2, 0.25) is 0 Å². The van der Waals surface area contributed by atoms with Crippen molar-refractivity contribution in [1.82, 2.24) is 0 Å². The van der Waals surface area contributed by atoms with Crippen molar-refractivity contribution < 1.29 is 14.3 Å². The lowest BCUT2D eigenvalue weighted by atomic mass is 10.2. The molecule has 3 nitrogen and oxygen atoms in total. The Bertz CT molecular complexity index is 452. The van der Waals surface area contributed by atoms with Crippen LogP contribution in [0.2, 0.25) is 0 Å². The summed E-state index contributed by atoms with van der Waals surface area (Å²) in [4.78, 5) is 10.9. The Labute approximate surface area is 107 Å². The molecule has 1 aromatic rings. The number of carbonyl (C=O) groups is 1. The summed E-state index contributed by atoms with van der Waals surface area (Å²) >= 11 is 0. The van der Waals surface area contributed by atoms with Gasteiger partial charge in [-0.3, -0.25) is 4.79 Å². The number of hydrogen-bond acceptors (Lipinski definition) is 3. The SMILES string of the molecule is CCOC#CC(/C=C/c1ccccc1)OC(C)=O. The number of benzene rings is 1. The first-order chi connectivity index (χ1) is 8.72. The number of esters is 1. The van der Waals surface area contributed by atoms with E-state index in [0.717, 1.165) is 5.56 Å². The summed E-state index contributed by atoms with van der Waals surface area (Å²) in [5.41, 5.74) is 1.02. The summed E-state index contributed by atoms with van der Waals surface area (Å²) in [5.74, 6) is 2.35. The van der Waals surface area contributed by atoms with Gasteiger partial charge in [-0.2, -0.15) is 0 Å². The Hall–Kier alpha value is -2.21. The second-order valence-electron chi connectivity index (χ2n) is 3.48. The van der Waals surface area contributed by atoms with E-state index in [1.807, 2.05) is 43.3 Å². The molecule has 0 aliphatic heterocycles. The molecule has 0 fully saturated rings. The molecule has 0 amide bonds. The number of rotatable bonds is 4. The van der Waals surface area contributed by atoms with E-state index in [1.165, 1.54) is 6.92 Å². The van der Waals surface area contributed by atoms with Crippen LogP contribution in [0, 0.1) is 12.0 Å². The molecule has 18 heavy (non-hydrogen) atoms. The van der Waals surface area contributed by atoms with Gasteiger partial charge in [-0.1, -0.05) is 36.4 Å². The number of ether oxygens (including phenoxy) is 2. The van der Waals surface area contributed by atoms with Gasteiger partial charge >= 0.3 is 5.97 Å². The molecule has 1 atom stereocenters. The topological polar surface area (TPSA) is 35.5 Å². The highest BCUT2D eigenvalue weighted by Gasteiger charge is 2.03. The highest BCUT2D eigenvalue weighted by Crippen LogP contribution is 2.03. The van der Waals surface area contributed by atoms with Crippen LogP contribution in [0.5, 0.6) is 0 Å². The minimum absolute atomic E-state index is 0.372. The van der Waals surface area contributed by atoms with Crippen LogP contribution in [-0.2, 0) is 14.3 Å². The molecule has 0 heterocycles. The first-order valence-electron chi connectivity index (χ1n) is 5.75. The van der Waals surface area contributed by atoms with Gasteiger partial charge in [-0.25, -0.2) is 0 Å². The van der Waals surface area contributed by atoms with Gasteiger partial charge in [0.1, 0.15) is 6.11 Å². The predicted octanol–water partition coefficient (Wildman–Crippen LogP) is 2.63. The smallest absolute Gasteiger partial charge is 0.304 e. The maximum atomic E-state index is 10.9. The molecule has 1 rings (SSSR count). The molecule has 0 saturated heterocycles. The second-order valence-corrected chi connectivity index (χ2v) is 3.48. The van der Waals surface area contributed by atoms with E-state index < -0.39 is 6.10 Å². The fourth-order valence-electron chi connectivity index (χ4n) is 1.23. The third-order valence-electron chi connectivity index (χ3n) is 1.97. The van der Waals surface area contributed by atoms with Crippen molar-refractivity contribution in [2.24, 2.45) is 0 Å². The molecule has 1 aromatic carbocycles.